The van der Waals surface area contributed by atoms with E-state index in [0.717, 1.165) is 29.7 Å². The summed E-state index contributed by atoms with van der Waals surface area (Å²) in [4.78, 5) is 9.04. The van der Waals surface area contributed by atoms with Crippen LogP contribution in [0.4, 0.5) is 0 Å². The lowest BCUT2D eigenvalue weighted by atomic mass is 9.83. The lowest BCUT2D eigenvalue weighted by Gasteiger charge is -2.20. The normalized spacial score (nSPS) is 12.7. The summed E-state index contributed by atoms with van der Waals surface area (Å²) in [7, 11) is 0. The highest BCUT2D eigenvalue weighted by atomic mass is 14.7. The van der Waals surface area contributed by atoms with Gasteiger partial charge in [0.25, 0.3) is 0 Å². The molecule has 0 aliphatic heterocycles. The third kappa shape index (κ3) is 4.52. The molecule has 2 nitrogen and oxygen atoms in total. The number of pyridine rings is 2. The average Bonchev–Trinajstić information content (AvgIpc) is 3.07. The Morgan fingerprint density at radius 3 is 1.91 bits per heavy atom. The first-order valence-corrected chi connectivity index (χ1v) is 14.9. The maximum atomic E-state index is 4.74. The Kier molecular flexibility index (Phi) is 6.19. The van der Waals surface area contributed by atoms with Crippen LogP contribution < -0.4 is 0 Å². The molecule has 2 heterocycles. The van der Waals surface area contributed by atoms with Crippen LogP contribution in [-0.4, -0.2) is 9.97 Å². The van der Waals surface area contributed by atoms with Gasteiger partial charge in [0.15, 0.2) is 0 Å². The molecule has 1 aliphatic carbocycles. The molecule has 7 aromatic rings. The van der Waals surface area contributed by atoms with Gasteiger partial charge in [0.1, 0.15) is 0 Å². The molecule has 0 saturated carbocycles. The van der Waals surface area contributed by atoms with Crippen molar-refractivity contribution in [3.8, 4) is 33.4 Å². The lowest BCUT2D eigenvalue weighted by molar-refractivity contribution is 0.992. The second kappa shape index (κ2) is 10.5. The van der Waals surface area contributed by atoms with Crippen molar-refractivity contribution in [2.45, 2.75) is 19.8 Å². The highest BCUT2D eigenvalue weighted by Crippen LogP contribution is 2.44. The maximum absolute atomic E-state index is 4.74. The molecule has 2 aromatic heterocycles. The fraction of sp³-hybridized carbons (Fsp3) is 0.0732. The van der Waals surface area contributed by atoms with Gasteiger partial charge in [-0.1, -0.05) is 103 Å². The first kappa shape index (κ1) is 25.4. The van der Waals surface area contributed by atoms with E-state index in [2.05, 4.69) is 127 Å². The molecule has 0 bridgehead atoms. The van der Waals surface area contributed by atoms with Crippen LogP contribution in [0.5, 0.6) is 0 Å². The van der Waals surface area contributed by atoms with Gasteiger partial charge in [0, 0.05) is 24.2 Å². The molecule has 43 heavy (non-hydrogen) atoms. The van der Waals surface area contributed by atoms with E-state index in [1.807, 2.05) is 24.7 Å². The van der Waals surface area contributed by atoms with Crippen molar-refractivity contribution in [2.75, 3.05) is 0 Å². The zero-order valence-corrected chi connectivity index (χ0v) is 24.1. The number of hydrogen-bond donors (Lipinski definition) is 0. The van der Waals surface area contributed by atoms with Gasteiger partial charge in [0.05, 0.1) is 5.69 Å². The summed E-state index contributed by atoms with van der Waals surface area (Å²) >= 11 is 0. The summed E-state index contributed by atoms with van der Waals surface area (Å²) in [5.74, 6) is 0. The monoisotopic (exact) mass is 550 g/mol. The zero-order valence-electron chi connectivity index (χ0n) is 24.1. The summed E-state index contributed by atoms with van der Waals surface area (Å²) in [5, 5.41) is 5.17. The van der Waals surface area contributed by atoms with Crippen molar-refractivity contribution in [2.24, 2.45) is 0 Å². The highest BCUT2D eigenvalue weighted by Gasteiger charge is 2.19. The number of allylic oxidation sites excluding steroid dienone is 1. The smallest absolute Gasteiger partial charge is 0.0668 e. The van der Waals surface area contributed by atoms with Crippen molar-refractivity contribution in [1.82, 2.24) is 9.97 Å². The van der Waals surface area contributed by atoms with E-state index in [1.165, 1.54) is 66.1 Å². The fourth-order valence-electron chi connectivity index (χ4n) is 6.72. The molecule has 0 spiro atoms. The number of hydrogen-bond acceptors (Lipinski definition) is 2. The van der Waals surface area contributed by atoms with E-state index >= 15 is 0 Å². The van der Waals surface area contributed by atoms with Crippen LogP contribution in [0.25, 0.3) is 66.6 Å². The Morgan fingerprint density at radius 1 is 0.535 bits per heavy atom. The topological polar surface area (TPSA) is 25.8 Å². The van der Waals surface area contributed by atoms with Crippen molar-refractivity contribution in [3.63, 3.8) is 0 Å². The van der Waals surface area contributed by atoms with Crippen LogP contribution in [0.3, 0.4) is 0 Å². The van der Waals surface area contributed by atoms with Crippen LogP contribution in [0, 0.1) is 6.92 Å². The second-order valence-electron chi connectivity index (χ2n) is 11.5. The van der Waals surface area contributed by atoms with Crippen LogP contribution >= 0.6 is 0 Å². The van der Waals surface area contributed by atoms with Crippen molar-refractivity contribution in [1.29, 1.82) is 0 Å². The summed E-state index contributed by atoms with van der Waals surface area (Å²) in [5.41, 5.74) is 13.7. The van der Waals surface area contributed by atoms with E-state index in [-0.39, 0.29) is 0 Å². The van der Waals surface area contributed by atoms with Crippen molar-refractivity contribution >= 4 is 33.2 Å². The quantitative estimate of drug-likeness (QED) is 0.204. The Labute approximate surface area is 252 Å². The van der Waals surface area contributed by atoms with E-state index in [4.69, 9.17) is 4.98 Å². The molecule has 0 atom stereocenters. The Bertz CT molecular complexity index is 2130. The number of rotatable bonds is 4. The number of nitrogens with zero attached hydrogens (tertiary/aromatic N) is 2. The largest absolute Gasteiger partial charge is 0.264 e. The van der Waals surface area contributed by atoms with E-state index in [0.29, 0.717) is 0 Å². The summed E-state index contributed by atoms with van der Waals surface area (Å²) in [6.07, 6.45) is 9.91. The predicted octanol–water partition coefficient (Wildman–Crippen LogP) is 10.6. The van der Waals surface area contributed by atoms with Crippen molar-refractivity contribution in [3.05, 3.63) is 156 Å². The van der Waals surface area contributed by atoms with Crippen molar-refractivity contribution < 1.29 is 0 Å². The zero-order chi connectivity index (χ0) is 28.8. The molecule has 0 unspecified atom stereocenters. The number of benzene rings is 5. The third-order valence-corrected chi connectivity index (χ3v) is 8.75. The molecule has 5 aromatic carbocycles. The third-order valence-electron chi connectivity index (χ3n) is 8.75. The molecule has 0 amide bonds. The fourth-order valence-corrected chi connectivity index (χ4v) is 6.72. The van der Waals surface area contributed by atoms with Crippen LogP contribution in [-0.2, 0) is 6.42 Å². The minimum Gasteiger partial charge on any atom is -0.264 e. The van der Waals surface area contributed by atoms with Crippen LogP contribution in [0.1, 0.15) is 28.8 Å². The van der Waals surface area contributed by atoms with Gasteiger partial charge in [-0.05, 0) is 110 Å². The van der Waals surface area contributed by atoms with Gasteiger partial charge < -0.3 is 0 Å². The van der Waals surface area contributed by atoms with Crippen LogP contribution in [0.15, 0.2) is 134 Å². The van der Waals surface area contributed by atoms with Gasteiger partial charge in [-0.2, -0.15) is 0 Å². The van der Waals surface area contributed by atoms with Crippen LogP contribution in [0.2, 0.25) is 0 Å². The summed E-state index contributed by atoms with van der Waals surface area (Å²) in [6, 6.07) is 42.0. The molecule has 2 heteroatoms. The van der Waals surface area contributed by atoms with Gasteiger partial charge >= 0.3 is 0 Å². The Hall–Kier alpha value is -5.34. The standard InChI is InChI=1S/C41H30N2/c1-27-8-6-9-32(22-27)40-35-11-2-4-13-37(35)41(38-14-5-3-12-36(38)40)33-18-16-28-23-31(17-15-29(28)24-33)39-25-30(19-21-43-39)34-10-7-20-42-26-34/h2-14,16,18-26H,15,17H2,1H3. The molecule has 0 fully saturated rings. The molecular formula is C41H30N2. The molecular weight excluding hydrogens is 520 g/mol. The molecule has 0 N–H and O–H groups in total. The van der Waals surface area contributed by atoms with E-state index in [1.54, 1.807) is 0 Å². The average molecular weight is 551 g/mol. The van der Waals surface area contributed by atoms with E-state index < -0.39 is 0 Å². The minimum absolute atomic E-state index is 0.966. The van der Waals surface area contributed by atoms with Gasteiger partial charge in [0.2, 0.25) is 0 Å². The number of aromatic nitrogens is 2. The van der Waals surface area contributed by atoms with Gasteiger partial charge in [-0.25, -0.2) is 0 Å². The first-order chi connectivity index (χ1) is 21.2. The SMILES string of the molecule is Cc1cccc(-c2c3ccccc3c(-c3ccc4c(c3)CCC(c3cc(-c5cccnc5)ccn3)=C4)c3ccccc23)c1. The summed E-state index contributed by atoms with van der Waals surface area (Å²) in [6.45, 7) is 2.17. The number of aryl methyl sites for hydroxylation is 2. The Morgan fingerprint density at radius 2 is 1.23 bits per heavy atom. The molecule has 8 rings (SSSR count). The van der Waals surface area contributed by atoms with E-state index in [9.17, 15) is 0 Å². The number of fused-ring (bicyclic) bond motifs is 3. The molecule has 204 valence electrons. The summed E-state index contributed by atoms with van der Waals surface area (Å²) < 4.78 is 0. The highest BCUT2D eigenvalue weighted by molar-refractivity contribution is 6.21. The lowest BCUT2D eigenvalue weighted by Crippen LogP contribution is -2.01. The first-order valence-electron chi connectivity index (χ1n) is 14.9. The maximum Gasteiger partial charge on any atom is 0.0668 e. The second-order valence-corrected chi connectivity index (χ2v) is 11.5. The Balaban J connectivity index is 1.25. The molecule has 0 saturated heterocycles. The molecule has 0 radical (unpaired) electrons. The predicted molar refractivity (Wildman–Crippen MR) is 181 cm³/mol. The minimum atomic E-state index is 0.966. The molecule has 1 aliphatic rings. The van der Waals surface area contributed by atoms with Gasteiger partial charge in [-0.3, -0.25) is 9.97 Å². The van der Waals surface area contributed by atoms with Gasteiger partial charge in [-0.15, -0.1) is 0 Å².